The van der Waals surface area contributed by atoms with Gasteiger partial charge in [0.05, 0.1) is 0 Å². The normalized spacial score (nSPS) is 36.0. The predicted octanol–water partition coefficient (Wildman–Crippen LogP) is 3.45. The molecule has 2 saturated carbocycles. The summed E-state index contributed by atoms with van der Waals surface area (Å²) in [6.07, 6.45) is 9.20. The Morgan fingerprint density at radius 1 is 1.27 bits per heavy atom. The molecule has 0 aromatic heterocycles. The molecule has 88 valence electrons. The van der Waals surface area contributed by atoms with E-state index in [1.54, 1.807) is 25.7 Å². The standard InChI is InChI=1S/C14H27N/c1-3-15-10-11(2)4-6-13-8-12-5-7-14(13)9-12/h11-15H,3-10H2,1-2H3. The van der Waals surface area contributed by atoms with Crippen molar-refractivity contribution in [3.63, 3.8) is 0 Å². The Bertz CT molecular complexity index is 190. The molecule has 0 aromatic rings. The zero-order valence-corrected chi connectivity index (χ0v) is 10.5. The van der Waals surface area contributed by atoms with Crippen molar-refractivity contribution >= 4 is 0 Å². The summed E-state index contributed by atoms with van der Waals surface area (Å²) in [4.78, 5) is 0. The molecule has 2 aliphatic rings. The largest absolute Gasteiger partial charge is 0.317 e. The van der Waals surface area contributed by atoms with Crippen molar-refractivity contribution in [3.8, 4) is 0 Å². The maximum absolute atomic E-state index is 3.46. The smallest absolute Gasteiger partial charge is 0.00233 e. The molecular formula is C14H27N. The van der Waals surface area contributed by atoms with E-state index in [2.05, 4.69) is 19.2 Å². The zero-order chi connectivity index (χ0) is 10.7. The highest BCUT2D eigenvalue weighted by Gasteiger charge is 2.38. The Morgan fingerprint density at radius 3 is 2.73 bits per heavy atom. The molecule has 2 fully saturated rings. The van der Waals surface area contributed by atoms with Crippen LogP contribution in [0.3, 0.4) is 0 Å². The third kappa shape index (κ3) is 2.96. The van der Waals surface area contributed by atoms with Crippen molar-refractivity contribution in [2.24, 2.45) is 23.7 Å². The molecule has 1 heteroatoms. The van der Waals surface area contributed by atoms with Crippen LogP contribution in [0, 0.1) is 23.7 Å². The van der Waals surface area contributed by atoms with Crippen LogP contribution in [0.2, 0.25) is 0 Å². The van der Waals surface area contributed by atoms with Crippen LogP contribution in [0.5, 0.6) is 0 Å². The molecule has 4 atom stereocenters. The van der Waals surface area contributed by atoms with Gasteiger partial charge in [-0.3, -0.25) is 0 Å². The van der Waals surface area contributed by atoms with Gasteiger partial charge in [0.25, 0.3) is 0 Å². The molecule has 15 heavy (non-hydrogen) atoms. The van der Waals surface area contributed by atoms with Crippen LogP contribution in [0.4, 0.5) is 0 Å². The fraction of sp³-hybridized carbons (Fsp3) is 1.00. The summed E-state index contributed by atoms with van der Waals surface area (Å²) in [5.74, 6) is 4.24. The van der Waals surface area contributed by atoms with E-state index in [9.17, 15) is 0 Å². The predicted molar refractivity (Wildman–Crippen MR) is 65.9 cm³/mol. The summed E-state index contributed by atoms with van der Waals surface area (Å²) in [6.45, 7) is 6.94. The van der Waals surface area contributed by atoms with Crippen LogP contribution in [0.25, 0.3) is 0 Å². The highest BCUT2D eigenvalue weighted by atomic mass is 14.8. The van der Waals surface area contributed by atoms with Gasteiger partial charge in [0.15, 0.2) is 0 Å². The molecule has 0 aliphatic heterocycles. The second kappa shape index (κ2) is 5.34. The van der Waals surface area contributed by atoms with Crippen molar-refractivity contribution in [2.75, 3.05) is 13.1 Å². The van der Waals surface area contributed by atoms with Gasteiger partial charge in [0.2, 0.25) is 0 Å². The van der Waals surface area contributed by atoms with E-state index in [0.717, 1.165) is 30.2 Å². The topological polar surface area (TPSA) is 12.0 Å². The van der Waals surface area contributed by atoms with Gasteiger partial charge < -0.3 is 5.32 Å². The molecule has 0 heterocycles. The van der Waals surface area contributed by atoms with Crippen molar-refractivity contribution < 1.29 is 0 Å². The summed E-state index contributed by atoms with van der Waals surface area (Å²) in [5.41, 5.74) is 0. The van der Waals surface area contributed by atoms with Gasteiger partial charge in [-0.15, -0.1) is 0 Å². The minimum atomic E-state index is 0.879. The van der Waals surface area contributed by atoms with Gasteiger partial charge in [-0.2, -0.15) is 0 Å². The Morgan fingerprint density at radius 2 is 2.13 bits per heavy atom. The third-order valence-corrected chi connectivity index (χ3v) is 4.66. The molecule has 2 aliphatic carbocycles. The summed E-state index contributed by atoms with van der Waals surface area (Å²) in [7, 11) is 0. The Labute approximate surface area is 95.0 Å². The first kappa shape index (κ1) is 11.4. The van der Waals surface area contributed by atoms with E-state index < -0.39 is 0 Å². The van der Waals surface area contributed by atoms with Gasteiger partial charge in [0, 0.05) is 0 Å². The van der Waals surface area contributed by atoms with E-state index in [1.807, 2.05) is 0 Å². The first-order valence-corrected chi connectivity index (χ1v) is 7.00. The molecule has 0 amide bonds. The molecule has 0 aromatic carbocycles. The first-order chi connectivity index (χ1) is 7.29. The maximum atomic E-state index is 3.46. The second-order valence-corrected chi connectivity index (χ2v) is 5.93. The minimum Gasteiger partial charge on any atom is -0.317 e. The van der Waals surface area contributed by atoms with Crippen LogP contribution in [0.15, 0.2) is 0 Å². The summed E-state index contributed by atoms with van der Waals surface area (Å²) < 4.78 is 0. The molecule has 1 N–H and O–H groups in total. The molecule has 4 unspecified atom stereocenters. The SMILES string of the molecule is CCNCC(C)CCC1CC2CCC1C2. The number of hydrogen-bond acceptors (Lipinski definition) is 1. The molecular weight excluding hydrogens is 182 g/mol. The average molecular weight is 209 g/mol. The van der Waals surface area contributed by atoms with Gasteiger partial charge in [0.1, 0.15) is 0 Å². The first-order valence-electron chi connectivity index (χ1n) is 7.00. The van der Waals surface area contributed by atoms with Gasteiger partial charge in [-0.1, -0.05) is 20.3 Å². The minimum absolute atomic E-state index is 0.879. The lowest BCUT2D eigenvalue weighted by atomic mass is 9.84. The molecule has 0 spiro atoms. The Balaban J connectivity index is 1.61. The average Bonchev–Trinajstić information content (AvgIpc) is 2.84. The van der Waals surface area contributed by atoms with Crippen LogP contribution >= 0.6 is 0 Å². The van der Waals surface area contributed by atoms with E-state index in [0.29, 0.717) is 0 Å². The van der Waals surface area contributed by atoms with Crippen molar-refractivity contribution in [2.45, 2.75) is 52.4 Å². The lowest BCUT2D eigenvalue weighted by molar-refractivity contribution is 0.289. The fourth-order valence-corrected chi connectivity index (χ4v) is 3.72. The van der Waals surface area contributed by atoms with Crippen LogP contribution < -0.4 is 5.32 Å². The van der Waals surface area contributed by atoms with Gasteiger partial charge in [-0.05, 0) is 68.9 Å². The Kier molecular flexibility index (Phi) is 4.07. The highest BCUT2D eigenvalue weighted by Crippen LogP contribution is 2.50. The summed E-state index contributed by atoms with van der Waals surface area (Å²) in [6, 6.07) is 0. The number of fused-ring (bicyclic) bond motifs is 2. The van der Waals surface area contributed by atoms with Crippen molar-refractivity contribution in [1.82, 2.24) is 5.32 Å². The lowest BCUT2D eigenvalue weighted by Crippen LogP contribution is -2.21. The molecule has 2 bridgehead atoms. The molecule has 0 radical (unpaired) electrons. The summed E-state index contributed by atoms with van der Waals surface area (Å²) in [5, 5.41) is 3.46. The quantitative estimate of drug-likeness (QED) is 0.706. The highest BCUT2D eigenvalue weighted by molar-refractivity contribution is 4.89. The van der Waals surface area contributed by atoms with E-state index in [1.165, 1.54) is 19.4 Å². The lowest BCUT2D eigenvalue weighted by Gasteiger charge is -2.23. The number of rotatable bonds is 6. The van der Waals surface area contributed by atoms with E-state index in [-0.39, 0.29) is 0 Å². The Hall–Kier alpha value is -0.0400. The molecule has 0 saturated heterocycles. The monoisotopic (exact) mass is 209 g/mol. The number of nitrogens with one attached hydrogen (secondary N) is 1. The van der Waals surface area contributed by atoms with Gasteiger partial charge in [-0.25, -0.2) is 0 Å². The second-order valence-electron chi connectivity index (χ2n) is 5.93. The van der Waals surface area contributed by atoms with Crippen LogP contribution in [0.1, 0.15) is 52.4 Å². The maximum Gasteiger partial charge on any atom is -0.00233 e. The molecule has 2 rings (SSSR count). The third-order valence-electron chi connectivity index (χ3n) is 4.66. The molecule has 1 nitrogen and oxygen atoms in total. The van der Waals surface area contributed by atoms with Crippen LogP contribution in [-0.4, -0.2) is 13.1 Å². The van der Waals surface area contributed by atoms with Crippen molar-refractivity contribution in [3.05, 3.63) is 0 Å². The summed E-state index contributed by atoms with van der Waals surface area (Å²) >= 11 is 0. The van der Waals surface area contributed by atoms with E-state index in [4.69, 9.17) is 0 Å². The van der Waals surface area contributed by atoms with Crippen molar-refractivity contribution in [1.29, 1.82) is 0 Å². The van der Waals surface area contributed by atoms with Crippen LogP contribution in [-0.2, 0) is 0 Å². The van der Waals surface area contributed by atoms with Gasteiger partial charge >= 0.3 is 0 Å². The van der Waals surface area contributed by atoms with E-state index >= 15 is 0 Å². The zero-order valence-electron chi connectivity index (χ0n) is 10.5. The fourth-order valence-electron chi connectivity index (χ4n) is 3.72. The number of hydrogen-bond donors (Lipinski definition) is 1.